The Labute approximate surface area is 171 Å². The number of benzene rings is 2. The molecule has 7 heteroatoms. The zero-order chi connectivity index (χ0) is 20.4. The number of aromatic nitrogens is 1. The Morgan fingerprint density at radius 2 is 1.86 bits per heavy atom. The van der Waals surface area contributed by atoms with E-state index in [0.29, 0.717) is 32.1 Å². The van der Waals surface area contributed by atoms with E-state index in [2.05, 4.69) is 4.98 Å². The van der Waals surface area contributed by atoms with Gasteiger partial charge < -0.3 is 14.8 Å². The molecule has 28 heavy (non-hydrogen) atoms. The van der Waals surface area contributed by atoms with Crippen molar-refractivity contribution in [2.24, 2.45) is 0 Å². The van der Waals surface area contributed by atoms with Crippen molar-refractivity contribution in [3.8, 4) is 0 Å². The summed E-state index contributed by atoms with van der Waals surface area (Å²) in [5, 5.41) is 11.0. The predicted octanol–water partition coefficient (Wildman–Crippen LogP) is 5.59. The minimum Gasteiger partial charge on any atom is -0.478 e. The minimum absolute atomic E-state index is 0.0254. The van der Waals surface area contributed by atoms with Gasteiger partial charge in [-0.1, -0.05) is 53.0 Å². The van der Waals surface area contributed by atoms with Gasteiger partial charge in [0.1, 0.15) is 5.69 Å². The minimum atomic E-state index is -1.13. The second kappa shape index (κ2) is 8.09. The van der Waals surface area contributed by atoms with Crippen molar-refractivity contribution in [3.63, 3.8) is 0 Å². The summed E-state index contributed by atoms with van der Waals surface area (Å²) >= 11 is 12.4. The van der Waals surface area contributed by atoms with Crippen LogP contribution in [-0.4, -0.2) is 28.6 Å². The van der Waals surface area contributed by atoms with E-state index in [9.17, 15) is 14.7 Å². The van der Waals surface area contributed by atoms with E-state index >= 15 is 0 Å². The zero-order valence-electron chi connectivity index (χ0n) is 15.2. The van der Waals surface area contributed by atoms with E-state index in [1.807, 2.05) is 19.1 Å². The maximum absolute atomic E-state index is 12.5. The zero-order valence-corrected chi connectivity index (χ0v) is 16.7. The molecule has 0 unspecified atom stereocenters. The Bertz CT molecular complexity index is 1100. The van der Waals surface area contributed by atoms with E-state index in [1.54, 1.807) is 25.1 Å². The van der Waals surface area contributed by atoms with Crippen molar-refractivity contribution >= 4 is 57.7 Å². The van der Waals surface area contributed by atoms with Crippen LogP contribution in [0.3, 0.4) is 0 Å². The molecule has 2 N–H and O–H groups in total. The summed E-state index contributed by atoms with van der Waals surface area (Å²) in [4.78, 5) is 27.4. The van der Waals surface area contributed by atoms with Gasteiger partial charge in [0.15, 0.2) is 0 Å². The van der Waals surface area contributed by atoms with Crippen molar-refractivity contribution in [3.05, 3.63) is 68.8 Å². The first-order valence-electron chi connectivity index (χ1n) is 8.51. The Kier molecular flexibility index (Phi) is 5.77. The highest BCUT2D eigenvalue weighted by molar-refractivity contribution is 6.39. The molecule has 0 amide bonds. The van der Waals surface area contributed by atoms with Gasteiger partial charge in [0.25, 0.3) is 0 Å². The third-order valence-electron chi connectivity index (χ3n) is 4.21. The largest absolute Gasteiger partial charge is 0.478 e. The summed E-state index contributed by atoms with van der Waals surface area (Å²) in [7, 11) is 0. The number of hydrogen-bond donors (Lipinski definition) is 2. The van der Waals surface area contributed by atoms with Crippen LogP contribution in [0.5, 0.6) is 0 Å². The van der Waals surface area contributed by atoms with Crippen molar-refractivity contribution in [2.45, 2.75) is 13.8 Å². The number of carbonyl (C=O) groups excluding carboxylic acids is 1. The van der Waals surface area contributed by atoms with E-state index in [-0.39, 0.29) is 17.9 Å². The number of ether oxygens (including phenoxy) is 1. The molecule has 1 heterocycles. The molecular weight excluding hydrogens is 401 g/mol. The van der Waals surface area contributed by atoms with Crippen LogP contribution < -0.4 is 0 Å². The number of nitrogens with one attached hydrogen (secondary N) is 1. The highest BCUT2D eigenvalue weighted by Gasteiger charge is 2.22. The monoisotopic (exact) mass is 417 g/mol. The summed E-state index contributed by atoms with van der Waals surface area (Å²) < 4.78 is 5.11. The second-order valence-corrected chi connectivity index (χ2v) is 7.02. The number of fused-ring (bicyclic) bond motifs is 1. The van der Waals surface area contributed by atoms with Crippen LogP contribution in [0.1, 0.15) is 34.1 Å². The number of aromatic amines is 1. The molecule has 144 valence electrons. The molecule has 0 atom stereocenters. The first kappa shape index (κ1) is 20.0. The van der Waals surface area contributed by atoms with Gasteiger partial charge in [-0.05, 0) is 37.6 Å². The van der Waals surface area contributed by atoms with Crippen molar-refractivity contribution in [1.29, 1.82) is 0 Å². The second-order valence-electron chi connectivity index (χ2n) is 6.17. The van der Waals surface area contributed by atoms with Crippen LogP contribution in [0, 0.1) is 6.92 Å². The molecule has 2 aromatic carbocycles. The third kappa shape index (κ3) is 3.91. The number of hydrogen-bond acceptors (Lipinski definition) is 3. The predicted molar refractivity (Wildman–Crippen MR) is 111 cm³/mol. The SMILES string of the molecule is CCOC(=O)c1[nH]c2cc(Cl)cc(Cl)c2c1/C=C(/C(=O)O)c1ccc(C)cc1. The topological polar surface area (TPSA) is 79.4 Å². The number of carboxylic acid groups (broad SMARTS) is 1. The van der Waals surface area contributed by atoms with Crippen LogP contribution in [-0.2, 0) is 9.53 Å². The quantitative estimate of drug-likeness (QED) is 0.419. The molecule has 0 saturated heterocycles. The fourth-order valence-corrected chi connectivity index (χ4v) is 3.52. The van der Waals surface area contributed by atoms with E-state index in [1.165, 1.54) is 12.1 Å². The normalized spacial score (nSPS) is 11.6. The molecule has 3 aromatic rings. The Morgan fingerprint density at radius 1 is 1.18 bits per heavy atom. The maximum atomic E-state index is 12.5. The van der Waals surface area contributed by atoms with Gasteiger partial charge in [-0.2, -0.15) is 0 Å². The summed E-state index contributed by atoms with van der Waals surface area (Å²) in [6.45, 7) is 3.78. The van der Waals surface area contributed by atoms with E-state index in [4.69, 9.17) is 27.9 Å². The number of aryl methyl sites for hydroxylation is 1. The van der Waals surface area contributed by atoms with Gasteiger partial charge in [0.05, 0.1) is 17.2 Å². The Hall–Kier alpha value is -2.76. The van der Waals surface area contributed by atoms with E-state index in [0.717, 1.165) is 5.56 Å². The summed E-state index contributed by atoms with van der Waals surface area (Å²) in [5.41, 5.74) is 2.51. The lowest BCUT2D eigenvalue weighted by Gasteiger charge is -2.06. The van der Waals surface area contributed by atoms with Crippen molar-refractivity contribution in [1.82, 2.24) is 4.98 Å². The lowest BCUT2D eigenvalue weighted by Crippen LogP contribution is -2.07. The Balaban J connectivity index is 2.30. The fourth-order valence-electron chi connectivity index (χ4n) is 2.93. The number of halogens is 2. The standard InChI is InChI=1S/C21H17Cl2NO4/c1-3-28-21(27)19-15(18-16(23)8-13(22)9-17(18)24-19)10-14(20(25)26)12-6-4-11(2)5-7-12/h4-10,24H,3H2,1-2H3,(H,25,26)/b14-10+. The molecule has 1 aromatic heterocycles. The van der Waals surface area contributed by atoms with Crippen molar-refractivity contribution in [2.75, 3.05) is 6.61 Å². The van der Waals surface area contributed by atoms with Crippen LogP contribution in [0.25, 0.3) is 22.6 Å². The number of esters is 1. The van der Waals surface area contributed by atoms with Crippen molar-refractivity contribution < 1.29 is 19.4 Å². The van der Waals surface area contributed by atoms with Gasteiger partial charge >= 0.3 is 11.9 Å². The molecule has 0 spiro atoms. The smallest absolute Gasteiger partial charge is 0.355 e. The lowest BCUT2D eigenvalue weighted by molar-refractivity contribution is -0.130. The molecule has 5 nitrogen and oxygen atoms in total. The van der Waals surface area contributed by atoms with Crippen LogP contribution in [0.15, 0.2) is 36.4 Å². The molecule has 0 radical (unpaired) electrons. The van der Waals surface area contributed by atoms with Crippen LogP contribution in [0.4, 0.5) is 0 Å². The number of H-pyrrole nitrogens is 1. The number of carboxylic acids is 1. The summed E-state index contributed by atoms with van der Waals surface area (Å²) in [6.07, 6.45) is 1.43. The van der Waals surface area contributed by atoms with Gasteiger partial charge in [-0.3, -0.25) is 0 Å². The number of carbonyl (C=O) groups is 2. The Morgan fingerprint density at radius 3 is 2.46 bits per heavy atom. The molecule has 0 aliphatic rings. The molecule has 0 aliphatic heterocycles. The molecular formula is C21H17Cl2NO4. The van der Waals surface area contributed by atoms with E-state index < -0.39 is 11.9 Å². The summed E-state index contributed by atoms with van der Waals surface area (Å²) in [6, 6.07) is 10.2. The van der Waals surface area contributed by atoms with Gasteiger partial charge in [-0.15, -0.1) is 0 Å². The average Bonchev–Trinajstić information content (AvgIpc) is 2.99. The fraction of sp³-hybridized carbons (Fsp3) is 0.143. The lowest BCUT2D eigenvalue weighted by atomic mass is 10.00. The average molecular weight is 418 g/mol. The van der Waals surface area contributed by atoms with Gasteiger partial charge in [0.2, 0.25) is 0 Å². The molecule has 0 saturated carbocycles. The number of rotatable bonds is 5. The maximum Gasteiger partial charge on any atom is 0.355 e. The molecule has 0 fully saturated rings. The van der Waals surface area contributed by atoms with Gasteiger partial charge in [-0.25, -0.2) is 9.59 Å². The molecule has 0 bridgehead atoms. The van der Waals surface area contributed by atoms with Crippen LogP contribution >= 0.6 is 23.2 Å². The third-order valence-corrected chi connectivity index (χ3v) is 4.73. The highest BCUT2D eigenvalue weighted by Crippen LogP contribution is 2.35. The summed E-state index contributed by atoms with van der Waals surface area (Å²) in [5.74, 6) is -1.73. The highest BCUT2D eigenvalue weighted by atomic mass is 35.5. The molecule has 3 rings (SSSR count). The number of aliphatic carboxylic acids is 1. The molecule has 0 aliphatic carbocycles. The van der Waals surface area contributed by atoms with Crippen LogP contribution in [0.2, 0.25) is 10.0 Å². The first-order valence-corrected chi connectivity index (χ1v) is 9.27. The van der Waals surface area contributed by atoms with Gasteiger partial charge in [0, 0.05) is 21.5 Å². The first-order chi connectivity index (χ1) is 13.3.